The predicted octanol–water partition coefficient (Wildman–Crippen LogP) is 4.80. The van der Waals surface area contributed by atoms with E-state index in [1.54, 1.807) is 0 Å². The van der Waals surface area contributed by atoms with Crippen molar-refractivity contribution in [3.05, 3.63) is 46.9 Å². The van der Waals surface area contributed by atoms with E-state index in [1.165, 1.54) is 31.4 Å². The Labute approximate surface area is 207 Å². The van der Waals surface area contributed by atoms with E-state index in [4.69, 9.17) is 11.6 Å². The van der Waals surface area contributed by atoms with Gasteiger partial charge in [0.05, 0.1) is 5.69 Å². The highest BCUT2D eigenvalue weighted by atomic mass is 35.5. The first-order valence-corrected chi connectivity index (χ1v) is 13.8. The molecule has 2 spiro atoms. The molecule has 2 aliphatic carbocycles. The zero-order valence-corrected chi connectivity index (χ0v) is 20.6. The molecule has 2 aromatic rings. The number of likely N-dealkylation sites (tertiary alicyclic amines) is 1. The van der Waals surface area contributed by atoms with E-state index in [9.17, 15) is 12.8 Å². The lowest BCUT2D eigenvalue weighted by molar-refractivity contribution is -0.000724. The van der Waals surface area contributed by atoms with Gasteiger partial charge in [-0.2, -0.15) is 4.39 Å². The monoisotopic (exact) mass is 526 g/mol. The summed E-state index contributed by atoms with van der Waals surface area (Å²) in [7, 11) is -4.73. The zero-order valence-electron chi connectivity index (χ0n) is 19.0. The maximum Gasteiger partial charge on any atom is 0.268 e. The van der Waals surface area contributed by atoms with Crippen LogP contribution in [0, 0.1) is 28.4 Å². The van der Waals surface area contributed by atoms with Crippen molar-refractivity contribution < 1.29 is 21.6 Å². The van der Waals surface area contributed by atoms with Gasteiger partial charge in [0.2, 0.25) is 5.95 Å². The van der Waals surface area contributed by atoms with Crippen LogP contribution in [0.2, 0.25) is 5.02 Å². The molecule has 0 radical (unpaired) electrons. The first-order chi connectivity index (χ1) is 16.6. The standard InChI is InChI=1S/C24H26ClF3N4O2S/c25-20-16(12-15(26)22(21(20)28)35(33,34)30-19-3-1-2-18(27)29-19)31-11-9-24(14-31)5-4-17(24)32-10-8-23(13-32)6-7-23/h1-3,12,17H,4-11,13-14H2,(H,29,30)/t17-,24-/m0/s1. The van der Waals surface area contributed by atoms with Crippen LogP contribution in [0.25, 0.3) is 0 Å². The molecule has 4 aliphatic rings. The smallest absolute Gasteiger partial charge is 0.268 e. The Balaban J connectivity index is 1.24. The van der Waals surface area contributed by atoms with Crippen molar-refractivity contribution in [2.75, 3.05) is 35.8 Å². The molecule has 188 valence electrons. The van der Waals surface area contributed by atoms with Gasteiger partial charge < -0.3 is 4.90 Å². The van der Waals surface area contributed by atoms with Gasteiger partial charge in [-0.15, -0.1) is 0 Å². The van der Waals surface area contributed by atoms with Crippen LogP contribution in [-0.2, 0) is 10.0 Å². The Kier molecular flexibility index (Phi) is 5.33. The third kappa shape index (κ3) is 3.88. The van der Waals surface area contributed by atoms with Crippen LogP contribution in [-0.4, -0.2) is 50.5 Å². The fourth-order valence-corrected chi connectivity index (χ4v) is 7.82. The van der Waals surface area contributed by atoms with E-state index in [1.807, 2.05) is 9.62 Å². The molecule has 2 saturated heterocycles. The van der Waals surface area contributed by atoms with Crippen LogP contribution < -0.4 is 9.62 Å². The molecule has 1 aromatic carbocycles. The SMILES string of the molecule is O=S(=O)(Nc1cccc(F)n1)c1c(F)cc(N2CC[C@@]3(CC[C@@H]3N3CCC4(CC4)C3)C2)c(Cl)c1F. The normalized spacial score (nSPS) is 27.5. The van der Waals surface area contributed by atoms with Gasteiger partial charge >= 0.3 is 0 Å². The first kappa shape index (κ1) is 23.4. The molecule has 2 atom stereocenters. The molecule has 1 N–H and O–H groups in total. The zero-order chi connectivity index (χ0) is 24.6. The number of halogens is 4. The van der Waals surface area contributed by atoms with Crippen LogP contribution >= 0.6 is 11.6 Å². The lowest BCUT2D eigenvalue weighted by Gasteiger charge is -2.51. The minimum atomic E-state index is -4.73. The molecule has 0 bridgehead atoms. The van der Waals surface area contributed by atoms with E-state index < -0.39 is 43.3 Å². The maximum absolute atomic E-state index is 15.2. The first-order valence-electron chi connectivity index (χ1n) is 11.9. The summed E-state index contributed by atoms with van der Waals surface area (Å²) < 4.78 is 71.0. The summed E-state index contributed by atoms with van der Waals surface area (Å²) in [6, 6.07) is 4.89. The van der Waals surface area contributed by atoms with E-state index in [2.05, 4.69) is 9.88 Å². The van der Waals surface area contributed by atoms with Crippen molar-refractivity contribution in [3.63, 3.8) is 0 Å². The van der Waals surface area contributed by atoms with Crippen molar-refractivity contribution in [2.45, 2.75) is 49.5 Å². The molecular formula is C24H26ClF3N4O2S. The molecule has 35 heavy (non-hydrogen) atoms. The van der Waals surface area contributed by atoms with Gasteiger partial charge in [-0.1, -0.05) is 17.7 Å². The Bertz CT molecular complexity index is 1310. The number of hydrogen-bond donors (Lipinski definition) is 1. The Morgan fingerprint density at radius 1 is 1.06 bits per heavy atom. The average Bonchev–Trinajstić information content (AvgIpc) is 3.18. The molecule has 2 aliphatic heterocycles. The Morgan fingerprint density at radius 2 is 1.86 bits per heavy atom. The summed E-state index contributed by atoms with van der Waals surface area (Å²) in [6.45, 7) is 3.52. The number of nitrogens with zero attached hydrogens (tertiary/aromatic N) is 3. The summed E-state index contributed by atoms with van der Waals surface area (Å²) in [5, 5.41) is -0.440. The Hall–Kier alpha value is -2.04. The second kappa shape index (κ2) is 7.98. The molecule has 6 nitrogen and oxygen atoms in total. The van der Waals surface area contributed by atoms with Crippen molar-refractivity contribution in [1.82, 2.24) is 9.88 Å². The number of aromatic nitrogens is 1. The van der Waals surface area contributed by atoms with E-state index in [0.717, 1.165) is 44.5 Å². The van der Waals surface area contributed by atoms with Gasteiger partial charge in [0, 0.05) is 37.2 Å². The fourth-order valence-electron chi connectivity index (χ4n) is 6.35. The summed E-state index contributed by atoms with van der Waals surface area (Å²) >= 11 is 6.29. The van der Waals surface area contributed by atoms with Gasteiger partial charge in [-0.05, 0) is 62.6 Å². The number of nitrogens with one attached hydrogen (secondary N) is 1. The molecule has 0 unspecified atom stereocenters. The molecule has 2 saturated carbocycles. The molecule has 4 fully saturated rings. The van der Waals surface area contributed by atoms with Crippen molar-refractivity contribution in [2.24, 2.45) is 10.8 Å². The number of pyridine rings is 1. The van der Waals surface area contributed by atoms with Crippen LogP contribution in [0.15, 0.2) is 29.2 Å². The molecular weight excluding hydrogens is 501 g/mol. The third-order valence-corrected chi connectivity index (χ3v) is 10.3. The van der Waals surface area contributed by atoms with Crippen LogP contribution in [0.1, 0.15) is 38.5 Å². The van der Waals surface area contributed by atoms with Gasteiger partial charge in [-0.3, -0.25) is 9.62 Å². The molecule has 6 rings (SSSR count). The average molecular weight is 527 g/mol. The van der Waals surface area contributed by atoms with E-state index in [0.29, 0.717) is 24.5 Å². The highest BCUT2D eigenvalue weighted by Gasteiger charge is 2.57. The van der Waals surface area contributed by atoms with Gasteiger partial charge in [0.25, 0.3) is 10.0 Å². The Morgan fingerprint density at radius 3 is 2.51 bits per heavy atom. The highest BCUT2D eigenvalue weighted by Crippen LogP contribution is 2.58. The predicted molar refractivity (Wildman–Crippen MR) is 127 cm³/mol. The summed E-state index contributed by atoms with van der Waals surface area (Å²) in [5.41, 5.74) is 0.778. The summed E-state index contributed by atoms with van der Waals surface area (Å²) in [5.74, 6) is -3.95. The summed E-state index contributed by atoms with van der Waals surface area (Å²) in [4.78, 5) is 6.67. The maximum atomic E-state index is 15.2. The minimum absolute atomic E-state index is 0.0755. The number of anilines is 2. The summed E-state index contributed by atoms with van der Waals surface area (Å²) in [6.07, 6.45) is 7.02. The third-order valence-electron chi connectivity index (χ3n) is 8.53. The van der Waals surface area contributed by atoms with Crippen molar-refractivity contribution in [3.8, 4) is 0 Å². The van der Waals surface area contributed by atoms with Crippen molar-refractivity contribution in [1.29, 1.82) is 0 Å². The topological polar surface area (TPSA) is 65.5 Å². The highest BCUT2D eigenvalue weighted by molar-refractivity contribution is 7.92. The van der Waals surface area contributed by atoms with Crippen LogP contribution in [0.3, 0.4) is 0 Å². The molecule has 11 heteroatoms. The molecule has 3 heterocycles. The number of benzene rings is 1. The lowest BCUT2D eigenvalue weighted by atomic mass is 9.63. The van der Waals surface area contributed by atoms with E-state index in [-0.39, 0.29) is 11.1 Å². The molecule has 0 amide bonds. The van der Waals surface area contributed by atoms with Crippen LogP contribution in [0.4, 0.5) is 24.7 Å². The van der Waals surface area contributed by atoms with Gasteiger partial charge in [0.1, 0.15) is 16.7 Å². The van der Waals surface area contributed by atoms with Crippen molar-refractivity contribution >= 4 is 33.1 Å². The van der Waals surface area contributed by atoms with Gasteiger partial charge in [-0.25, -0.2) is 22.2 Å². The largest absolute Gasteiger partial charge is 0.370 e. The van der Waals surface area contributed by atoms with Crippen LogP contribution in [0.5, 0.6) is 0 Å². The van der Waals surface area contributed by atoms with Gasteiger partial charge in [0.15, 0.2) is 10.7 Å². The second-order valence-corrected chi connectivity index (χ2v) is 12.6. The number of sulfonamides is 1. The number of rotatable bonds is 5. The quantitative estimate of drug-likeness (QED) is 0.448. The minimum Gasteiger partial charge on any atom is -0.370 e. The van der Waals surface area contributed by atoms with E-state index >= 15 is 8.78 Å². The second-order valence-electron chi connectivity index (χ2n) is 10.6. The molecule has 1 aromatic heterocycles. The number of hydrogen-bond acceptors (Lipinski definition) is 5. The lowest BCUT2D eigenvalue weighted by Crippen LogP contribution is -2.56. The fraction of sp³-hybridized carbons (Fsp3) is 0.542.